The summed E-state index contributed by atoms with van der Waals surface area (Å²) in [5.41, 5.74) is 3.15. The summed E-state index contributed by atoms with van der Waals surface area (Å²) in [6, 6.07) is 25.2. The summed E-state index contributed by atoms with van der Waals surface area (Å²) in [5, 5.41) is 6.85. The number of hydrogen-bond donors (Lipinski definition) is 1. The maximum Gasteiger partial charge on any atom is 0.311 e. The lowest BCUT2D eigenvalue weighted by atomic mass is 10.1. The fourth-order valence-corrected chi connectivity index (χ4v) is 3.93. The second kappa shape index (κ2) is 13.5. The molecule has 0 spiro atoms. The van der Waals surface area contributed by atoms with Gasteiger partial charge in [-0.05, 0) is 65.9 Å². The molecule has 1 N–H and O–H groups in total. The van der Waals surface area contributed by atoms with Crippen LogP contribution < -0.4 is 19.6 Å². The van der Waals surface area contributed by atoms with Crippen molar-refractivity contribution in [3.8, 4) is 17.2 Å². The Hall–Kier alpha value is -4.07. The smallest absolute Gasteiger partial charge is 0.311 e. The number of hydrazone groups is 1. The molecule has 7 nitrogen and oxygen atoms in total. The zero-order valence-corrected chi connectivity index (χ0v) is 21.7. The molecule has 0 aromatic heterocycles. The monoisotopic (exact) mass is 550 g/mol. The van der Waals surface area contributed by atoms with Gasteiger partial charge in [-0.1, -0.05) is 59.6 Å². The molecule has 0 aliphatic heterocycles. The number of benzene rings is 4. The Labute approximate surface area is 229 Å². The number of nitrogens with zero attached hydrogens (tertiary/aromatic N) is 1. The van der Waals surface area contributed by atoms with Gasteiger partial charge < -0.3 is 14.2 Å². The Morgan fingerprint density at radius 2 is 1.66 bits per heavy atom. The van der Waals surface area contributed by atoms with Crippen molar-refractivity contribution in [3.05, 3.63) is 101 Å². The average Bonchev–Trinajstić information content (AvgIpc) is 2.92. The van der Waals surface area contributed by atoms with E-state index in [-0.39, 0.29) is 24.9 Å². The number of carbonyl (C=O) groups excluding carboxylic acids is 2. The van der Waals surface area contributed by atoms with Crippen LogP contribution in [-0.2, 0) is 9.59 Å². The molecular formula is C29H24Cl2N2O5. The fraction of sp³-hybridized carbons (Fsp3) is 0.138. The molecule has 194 valence electrons. The molecule has 0 aliphatic rings. The van der Waals surface area contributed by atoms with Gasteiger partial charge >= 0.3 is 5.97 Å². The van der Waals surface area contributed by atoms with Crippen LogP contribution in [0.5, 0.6) is 17.2 Å². The van der Waals surface area contributed by atoms with E-state index in [1.165, 1.54) is 6.21 Å². The summed E-state index contributed by atoms with van der Waals surface area (Å²) < 4.78 is 16.6. The Morgan fingerprint density at radius 1 is 0.868 bits per heavy atom. The standard InChI is InChI=1S/C29H24Cl2N2O5/c30-22-12-15-27(25(31)17-22)36-16-4-9-29(35)38-23-13-10-20(11-14-23)18-32-33-28(34)19-37-26-8-3-6-21-5-1-2-7-24(21)26/h1-3,5-8,10-15,17-18H,4,9,16,19H2,(H,33,34)/b32-18+. The molecule has 0 heterocycles. The van der Waals surface area contributed by atoms with Crippen LogP contribution in [0.4, 0.5) is 0 Å². The second-order valence-corrected chi connectivity index (χ2v) is 8.97. The third kappa shape index (κ3) is 7.96. The summed E-state index contributed by atoms with van der Waals surface area (Å²) >= 11 is 11.9. The van der Waals surface area contributed by atoms with Gasteiger partial charge in [-0.3, -0.25) is 9.59 Å². The predicted octanol–water partition coefficient (Wildman–Crippen LogP) is 6.44. The molecule has 38 heavy (non-hydrogen) atoms. The van der Waals surface area contributed by atoms with Crippen molar-refractivity contribution in [3.63, 3.8) is 0 Å². The molecule has 0 bridgehead atoms. The third-order valence-corrected chi connectivity index (χ3v) is 5.83. The minimum absolute atomic E-state index is 0.169. The zero-order valence-electron chi connectivity index (χ0n) is 20.2. The zero-order chi connectivity index (χ0) is 26.7. The van der Waals surface area contributed by atoms with E-state index in [2.05, 4.69) is 10.5 Å². The van der Waals surface area contributed by atoms with E-state index < -0.39 is 0 Å². The first-order chi connectivity index (χ1) is 18.5. The van der Waals surface area contributed by atoms with Crippen molar-refractivity contribution >= 4 is 52.1 Å². The minimum atomic E-state index is -0.387. The molecule has 0 atom stereocenters. The van der Waals surface area contributed by atoms with E-state index in [0.717, 1.165) is 10.8 Å². The Morgan fingerprint density at radius 3 is 2.47 bits per heavy atom. The molecule has 4 rings (SSSR count). The summed E-state index contributed by atoms with van der Waals surface area (Å²) in [4.78, 5) is 24.2. The number of carbonyl (C=O) groups is 2. The van der Waals surface area contributed by atoms with E-state index in [9.17, 15) is 9.59 Å². The molecule has 4 aromatic carbocycles. The Kier molecular flexibility index (Phi) is 9.56. The highest BCUT2D eigenvalue weighted by atomic mass is 35.5. The summed E-state index contributed by atoms with van der Waals surface area (Å²) in [6.07, 6.45) is 2.13. The lowest BCUT2D eigenvalue weighted by molar-refractivity contribution is -0.134. The molecule has 0 saturated carbocycles. The van der Waals surface area contributed by atoms with E-state index >= 15 is 0 Å². The molecule has 0 unspecified atom stereocenters. The van der Waals surface area contributed by atoms with Crippen LogP contribution in [0.3, 0.4) is 0 Å². The summed E-state index contributed by atoms with van der Waals surface area (Å²) in [5.74, 6) is 0.778. The summed E-state index contributed by atoms with van der Waals surface area (Å²) in [7, 11) is 0. The van der Waals surface area contributed by atoms with E-state index in [4.69, 9.17) is 37.4 Å². The van der Waals surface area contributed by atoms with Crippen LogP contribution in [0.25, 0.3) is 10.8 Å². The number of hydrogen-bond acceptors (Lipinski definition) is 6. The lowest BCUT2D eigenvalue weighted by Gasteiger charge is -2.08. The van der Waals surface area contributed by atoms with Gasteiger partial charge in [0.1, 0.15) is 17.2 Å². The highest BCUT2D eigenvalue weighted by molar-refractivity contribution is 6.35. The van der Waals surface area contributed by atoms with Gasteiger partial charge in [0.15, 0.2) is 6.61 Å². The Balaban J connectivity index is 1.16. The highest BCUT2D eigenvalue weighted by Gasteiger charge is 2.08. The quantitative estimate of drug-likeness (QED) is 0.0763. The third-order valence-electron chi connectivity index (χ3n) is 5.30. The predicted molar refractivity (Wildman–Crippen MR) is 148 cm³/mol. The van der Waals surface area contributed by atoms with Crippen molar-refractivity contribution in [1.29, 1.82) is 0 Å². The first-order valence-corrected chi connectivity index (χ1v) is 12.5. The second-order valence-electron chi connectivity index (χ2n) is 8.13. The van der Waals surface area contributed by atoms with E-state index in [1.807, 2.05) is 42.5 Å². The van der Waals surface area contributed by atoms with E-state index in [1.54, 1.807) is 42.5 Å². The van der Waals surface area contributed by atoms with Gasteiger partial charge in [-0.15, -0.1) is 0 Å². The SMILES string of the molecule is O=C(COc1cccc2ccccc12)N/N=C/c1ccc(OC(=O)CCCOc2ccc(Cl)cc2Cl)cc1. The van der Waals surface area contributed by atoms with Crippen LogP contribution in [0.1, 0.15) is 18.4 Å². The number of amides is 1. The fourth-order valence-electron chi connectivity index (χ4n) is 3.47. The number of rotatable bonds is 11. The van der Waals surface area contributed by atoms with Gasteiger partial charge in [0.05, 0.1) is 17.8 Å². The number of nitrogens with one attached hydrogen (secondary N) is 1. The maximum atomic E-state index is 12.1. The van der Waals surface area contributed by atoms with Crippen LogP contribution in [0.15, 0.2) is 90.0 Å². The number of halogens is 2. The van der Waals surface area contributed by atoms with Gasteiger partial charge in [-0.2, -0.15) is 5.10 Å². The van der Waals surface area contributed by atoms with Gasteiger partial charge in [0.25, 0.3) is 5.91 Å². The first kappa shape index (κ1) is 27.0. The minimum Gasteiger partial charge on any atom is -0.492 e. The Bertz CT molecular complexity index is 1440. The van der Waals surface area contributed by atoms with Gasteiger partial charge in [-0.25, -0.2) is 5.43 Å². The lowest BCUT2D eigenvalue weighted by Crippen LogP contribution is -2.24. The van der Waals surface area contributed by atoms with Crippen molar-refractivity contribution in [2.45, 2.75) is 12.8 Å². The molecule has 9 heteroatoms. The van der Waals surface area contributed by atoms with Crippen LogP contribution in [0.2, 0.25) is 10.0 Å². The number of ether oxygens (including phenoxy) is 3. The van der Waals surface area contributed by atoms with Crippen LogP contribution >= 0.6 is 23.2 Å². The average molecular weight is 551 g/mol. The van der Waals surface area contributed by atoms with Crippen molar-refractivity contribution in [2.24, 2.45) is 5.10 Å². The largest absolute Gasteiger partial charge is 0.492 e. The van der Waals surface area contributed by atoms with Crippen molar-refractivity contribution in [1.82, 2.24) is 5.43 Å². The van der Waals surface area contributed by atoms with Crippen molar-refractivity contribution in [2.75, 3.05) is 13.2 Å². The van der Waals surface area contributed by atoms with Crippen molar-refractivity contribution < 1.29 is 23.8 Å². The number of fused-ring (bicyclic) bond motifs is 1. The van der Waals surface area contributed by atoms with Crippen LogP contribution in [0, 0.1) is 0 Å². The molecule has 0 radical (unpaired) electrons. The van der Waals surface area contributed by atoms with Gasteiger partial charge in [0, 0.05) is 16.8 Å². The highest BCUT2D eigenvalue weighted by Crippen LogP contribution is 2.28. The van der Waals surface area contributed by atoms with Gasteiger partial charge in [0.2, 0.25) is 0 Å². The van der Waals surface area contributed by atoms with Crippen LogP contribution in [-0.4, -0.2) is 31.3 Å². The number of esters is 1. The maximum absolute atomic E-state index is 12.1. The first-order valence-electron chi connectivity index (χ1n) is 11.8. The van der Waals surface area contributed by atoms with E-state index in [0.29, 0.717) is 45.9 Å². The topological polar surface area (TPSA) is 86.2 Å². The molecular weight excluding hydrogens is 527 g/mol. The molecule has 1 amide bonds. The molecule has 4 aromatic rings. The molecule has 0 fully saturated rings. The molecule has 0 saturated heterocycles. The normalized spacial score (nSPS) is 10.9. The molecule has 0 aliphatic carbocycles. The summed E-state index contributed by atoms with van der Waals surface area (Å²) in [6.45, 7) is 0.141.